The van der Waals surface area contributed by atoms with Gasteiger partial charge in [-0.25, -0.2) is 4.68 Å². The Hall–Kier alpha value is -3.32. The van der Waals surface area contributed by atoms with Gasteiger partial charge in [-0.05, 0) is 54.8 Å². The van der Waals surface area contributed by atoms with Crippen molar-refractivity contribution in [1.82, 2.24) is 20.4 Å². The van der Waals surface area contributed by atoms with Gasteiger partial charge in [-0.1, -0.05) is 24.3 Å². The molecule has 0 aliphatic carbocycles. The van der Waals surface area contributed by atoms with Crippen LogP contribution in [-0.2, 0) is 6.42 Å². The molecule has 1 aromatic heterocycles. The maximum absolute atomic E-state index is 10.4. The first-order valence-electron chi connectivity index (χ1n) is 10.1. The summed E-state index contributed by atoms with van der Waals surface area (Å²) in [7, 11) is 1.61. The number of ether oxygens (including phenoxy) is 1. The summed E-state index contributed by atoms with van der Waals surface area (Å²) in [4.78, 5) is 4.52. The Labute approximate surface area is 177 Å². The van der Waals surface area contributed by atoms with E-state index in [0.717, 1.165) is 36.5 Å². The summed E-state index contributed by atoms with van der Waals surface area (Å²) in [5.74, 6) is 1.41. The largest absolute Gasteiger partial charge is 0.497 e. The fourth-order valence-electron chi connectivity index (χ4n) is 3.04. The topological polar surface area (TPSA) is 83.7 Å². The van der Waals surface area contributed by atoms with Crippen LogP contribution in [0.1, 0.15) is 24.2 Å². The molecule has 0 bridgehead atoms. The third-order valence-electron chi connectivity index (χ3n) is 4.66. The van der Waals surface area contributed by atoms with Crippen LogP contribution in [0.4, 0.5) is 0 Å². The molecule has 3 rings (SSSR count). The van der Waals surface area contributed by atoms with Gasteiger partial charge in [0.05, 0.1) is 25.4 Å². The highest BCUT2D eigenvalue weighted by Gasteiger charge is 2.08. The summed E-state index contributed by atoms with van der Waals surface area (Å²) in [5.41, 5.74) is 3.05. The molecule has 0 aliphatic rings. The van der Waals surface area contributed by atoms with E-state index in [2.05, 4.69) is 45.0 Å². The molecule has 0 aliphatic heterocycles. The number of hydrogen-bond acceptors (Lipinski definition) is 4. The van der Waals surface area contributed by atoms with Crippen molar-refractivity contribution in [2.24, 2.45) is 4.99 Å². The van der Waals surface area contributed by atoms with Gasteiger partial charge in [0.2, 0.25) is 0 Å². The maximum Gasteiger partial charge on any atom is 0.191 e. The monoisotopic (exact) mass is 407 g/mol. The first kappa shape index (κ1) is 21.4. The molecule has 30 heavy (non-hydrogen) atoms. The lowest BCUT2D eigenvalue weighted by molar-refractivity contribution is 0.186. The molecule has 0 saturated carbocycles. The van der Waals surface area contributed by atoms with E-state index in [4.69, 9.17) is 4.74 Å². The van der Waals surface area contributed by atoms with Crippen molar-refractivity contribution >= 4 is 5.96 Å². The standard InChI is InChI=1S/C23H29N5O2/c1-3-24-23(26-17-22(29)19-6-4-7-21(16-19)30-2)25-14-12-18-8-10-20(11-9-18)28-15-5-13-27-28/h4-11,13,15-16,22,29H,3,12,14,17H2,1-2H3,(H2,24,25,26). The van der Waals surface area contributed by atoms with E-state index in [1.165, 1.54) is 5.56 Å². The van der Waals surface area contributed by atoms with Crippen LogP contribution in [0.5, 0.6) is 5.75 Å². The molecule has 3 N–H and O–H groups in total. The summed E-state index contributed by atoms with van der Waals surface area (Å²) >= 11 is 0. The van der Waals surface area contributed by atoms with Crippen LogP contribution in [-0.4, -0.2) is 47.6 Å². The van der Waals surface area contributed by atoms with Gasteiger partial charge >= 0.3 is 0 Å². The third kappa shape index (κ3) is 6.09. The SMILES string of the molecule is CCNC(=NCC(O)c1cccc(OC)c1)NCCc1ccc(-n2cccn2)cc1. The summed E-state index contributed by atoms with van der Waals surface area (Å²) in [6, 6.07) is 17.7. The molecule has 7 nitrogen and oxygen atoms in total. The van der Waals surface area contributed by atoms with Gasteiger partial charge in [0, 0.05) is 25.5 Å². The van der Waals surface area contributed by atoms with Crippen LogP contribution in [0.3, 0.4) is 0 Å². The number of nitrogens with zero attached hydrogens (tertiary/aromatic N) is 3. The maximum atomic E-state index is 10.4. The van der Waals surface area contributed by atoms with E-state index in [1.54, 1.807) is 13.3 Å². The second-order valence-corrected chi connectivity index (χ2v) is 6.81. The molecule has 158 valence electrons. The summed E-state index contributed by atoms with van der Waals surface area (Å²) in [6.07, 6.45) is 3.87. The molecule has 7 heteroatoms. The molecule has 2 aromatic carbocycles. The smallest absolute Gasteiger partial charge is 0.191 e. The lowest BCUT2D eigenvalue weighted by atomic mass is 10.1. The lowest BCUT2D eigenvalue weighted by Gasteiger charge is -2.14. The van der Waals surface area contributed by atoms with E-state index in [0.29, 0.717) is 5.96 Å². The van der Waals surface area contributed by atoms with E-state index in [9.17, 15) is 5.11 Å². The van der Waals surface area contributed by atoms with Gasteiger partial charge < -0.3 is 20.5 Å². The minimum atomic E-state index is -0.689. The molecule has 1 atom stereocenters. The van der Waals surface area contributed by atoms with Gasteiger partial charge in [0.1, 0.15) is 5.75 Å². The van der Waals surface area contributed by atoms with Crippen LogP contribution in [0, 0.1) is 0 Å². The second kappa shape index (κ2) is 11.0. The Morgan fingerprint density at radius 1 is 1.17 bits per heavy atom. The lowest BCUT2D eigenvalue weighted by Crippen LogP contribution is -2.38. The number of aliphatic imine (C=N–C) groups is 1. The van der Waals surface area contributed by atoms with Crippen molar-refractivity contribution in [2.75, 3.05) is 26.7 Å². The van der Waals surface area contributed by atoms with Crippen molar-refractivity contribution < 1.29 is 9.84 Å². The summed E-state index contributed by atoms with van der Waals surface area (Å²) in [6.45, 7) is 3.77. The number of guanidine groups is 1. The van der Waals surface area contributed by atoms with E-state index in [1.807, 2.05) is 48.1 Å². The van der Waals surface area contributed by atoms with Crippen molar-refractivity contribution in [3.8, 4) is 11.4 Å². The first-order valence-corrected chi connectivity index (χ1v) is 10.1. The summed E-state index contributed by atoms with van der Waals surface area (Å²) in [5, 5.41) is 21.2. The van der Waals surface area contributed by atoms with E-state index < -0.39 is 6.10 Å². The fourth-order valence-corrected chi connectivity index (χ4v) is 3.04. The quantitative estimate of drug-likeness (QED) is 0.375. The number of aliphatic hydroxyl groups is 1. The first-order chi connectivity index (χ1) is 14.7. The Kier molecular flexibility index (Phi) is 7.86. The number of hydrogen-bond donors (Lipinski definition) is 3. The highest BCUT2D eigenvalue weighted by molar-refractivity contribution is 5.79. The third-order valence-corrected chi connectivity index (χ3v) is 4.66. The second-order valence-electron chi connectivity index (χ2n) is 6.81. The normalized spacial score (nSPS) is 12.4. The minimum absolute atomic E-state index is 0.265. The van der Waals surface area contributed by atoms with Gasteiger partial charge in [-0.3, -0.25) is 4.99 Å². The van der Waals surface area contributed by atoms with E-state index >= 15 is 0 Å². The zero-order valence-electron chi connectivity index (χ0n) is 17.5. The van der Waals surface area contributed by atoms with Crippen molar-refractivity contribution in [1.29, 1.82) is 0 Å². The van der Waals surface area contributed by atoms with Gasteiger partial charge in [-0.2, -0.15) is 5.10 Å². The predicted molar refractivity (Wildman–Crippen MR) is 119 cm³/mol. The van der Waals surface area contributed by atoms with Crippen molar-refractivity contribution in [2.45, 2.75) is 19.4 Å². The highest BCUT2D eigenvalue weighted by atomic mass is 16.5. The Morgan fingerprint density at radius 3 is 2.70 bits per heavy atom. The molecular formula is C23H29N5O2. The van der Waals surface area contributed by atoms with Crippen LogP contribution in [0.2, 0.25) is 0 Å². The van der Waals surface area contributed by atoms with Crippen LogP contribution < -0.4 is 15.4 Å². The fraction of sp³-hybridized carbons (Fsp3) is 0.304. The molecule has 0 fully saturated rings. The number of nitrogens with one attached hydrogen (secondary N) is 2. The molecule has 0 radical (unpaired) electrons. The Bertz CT molecular complexity index is 923. The molecule has 0 amide bonds. The number of aromatic nitrogens is 2. The van der Waals surface area contributed by atoms with Crippen molar-refractivity contribution in [3.63, 3.8) is 0 Å². The van der Waals surface area contributed by atoms with Crippen molar-refractivity contribution in [3.05, 3.63) is 78.1 Å². The zero-order valence-corrected chi connectivity index (χ0v) is 17.5. The number of methoxy groups -OCH3 is 1. The van der Waals surface area contributed by atoms with Gasteiger partial charge in [0.15, 0.2) is 5.96 Å². The summed E-state index contributed by atoms with van der Waals surface area (Å²) < 4.78 is 7.06. The molecule has 1 unspecified atom stereocenters. The van der Waals surface area contributed by atoms with Crippen LogP contribution in [0.25, 0.3) is 5.69 Å². The average Bonchev–Trinajstić information content (AvgIpc) is 3.32. The van der Waals surface area contributed by atoms with E-state index in [-0.39, 0.29) is 6.54 Å². The molecule has 3 aromatic rings. The Balaban J connectivity index is 1.52. The number of rotatable bonds is 9. The zero-order chi connectivity index (χ0) is 21.2. The molecule has 1 heterocycles. The average molecular weight is 408 g/mol. The van der Waals surface area contributed by atoms with Crippen LogP contribution in [0.15, 0.2) is 72.0 Å². The number of benzene rings is 2. The molecular weight excluding hydrogens is 378 g/mol. The van der Waals surface area contributed by atoms with Gasteiger partial charge in [0.25, 0.3) is 0 Å². The van der Waals surface area contributed by atoms with Crippen LogP contribution >= 0.6 is 0 Å². The molecule has 0 saturated heterocycles. The predicted octanol–water partition coefficient (Wildman–Crippen LogP) is 2.71. The number of aliphatic hydroxyl groups excluding tert-OH is 1. The highest BCUT2D eigenvalue weighted by Crippen LogP contribution is 2.19. The molecule has 0 spiro atoms. The van der Waals surface area contributed by atoms with Gasteiger partial charge in [-0.15, -0.1) is 0 Å². The minimum Gasteiger partial charge on any atom is -0.497 e. The Morgan fingerprint density at radius 2 is 2.00 bits per heavy atom.